The highest BCUT2D eigenvalue weighted by molar-refractivity contribution is 5.83. The van der Waals surface area contributed by atoms with Crippen molar-refractivity contribution >= 4 is 11.9 Å². The maximum atomic E-state index is 13.1. The number of hydrogen-bond acceptors (Lipinski definition) is 3. The largest absolute Gasteiger partial charge is 0.481 e. The Morgan fingerprint density at radius 2 is 1.84 bits per heavy atom. The van der Waals surface area contributed by atoms with Gasteiger partial charge in [0.05, 0.1) is 12.0 Å². The molecule has 2 atom stereocenters. The van der Waals surface area contributed by atoms with Crippen LogP contribution in [-0.4, -0.2) is 52.5 Å². The van der Waals surface area contributed by atoms with Crippen molar-refractivity contribution in [2.75, 3.05) is 19.6 Å². The molecule has 5 nitrogen and oxygen atoms in total. The molecular weight excluding hydrogens is 323 g/mol. The molecule has 0 bridgehead atoms. The molecular formula is C19H25FN2O3. The fourth-order valence-electron chi connectivity index (χ4n) is 3.87. The van der Waals surface area contributed by atoms with Crippen molar-refractivity contribution in [2.45, 2.75) is 44.7 Å². The van der Waals surface area contributed by atoms with Crippen LogP contribution in [0, 0.1) is 11.7 Å². The first-order chi connectivity index (χ1) is 12.0. The van der Waals surface area contributed by atoms with Crippen LogP contribution in [0.5, 0.6) is 0 Å². The summed E-state index contributed by atoms with van der Waals surface area (Å²) in [7, 11) is 0. The number of benzene rings is 1. The molecule has 2 fully saturated rings. The van der Waals surface area contributed by atoms with Crippen molar-refractivity contribution < 1.29 is 19.1 Å². The summed E-state index contributed by atoms with van der Waals surface area (Å²) < 4.78 is 13.1. The molecule has 0 aliphatic carbocycles. The number of nitrogens with zero attached hydrogens (tertiary/aromatic N) is 2. The Kier molecular flexibility index (Phi) is 5.68. The van der Waals surface area contributed by atoms with Crippen LogP contribution in [0.4, 0.5) is 4.39 Å². The normalized spacial score (nSPS) is 24.9. The van der Waals surface area contributed by atoms with Gasteiger partial charge in [0.15, 0.2) is 0 Å². The van der Waals surface area contributed by atoms with Crippen molar-refractivity contribution in [3.63, 3.8) is 0 Å². The number of carboxylic acids is 1. The van der Waals surface area contributed by atoms with Gasteiger partial charge >= 0.3 is 5.97 Å². The smallest absolute Gasteiger partial charge is 0.308 e. The molecule has 0 spiro atoms. The fraction of sp³-hybridized carbons (Fsp3) is 0.579. The summed E-state index contributed by atoms with van der Waals surface area (Å²) in [6.45, 7) is 2.41. The number of hydrogen-bond donors (Lipinski definition) is 1. The molecule has 3 rings (SSSR count). The number of carboxylic acid groups (broad SMARTS) is 1. The average molecular weight is 348 g/mol. The molecule has 2 saturated heterocycles. The lowest BCUT2D eigenvalue weighted by Gasteiger charge is -2.39. The monoisotopic (exact) mass is 348 g/mol. The van der Waals surface area contributed by atoms with E-state index in [1.165, 1.54) is 12.1 Å². The maximum absolute atomic E-state index is 13.1. The highest BCUT2D eigenvalue weighted by Gasteiger charge is 2.35. The lowest BCUT2D eigenvalue weighted by Crippen LogP contribution is -2.53. The first kappa shape index (κ1) is 17.9. The van der Waals surface area contributed by atoms with Crippen LogP contribution in [0.1, 0.15) is 37.7 Å². The van der Waals surface area contributed by atoms with E-state index in [4.69, 9.17) is 0 Å². The summed E-state index contributed by atoms with van der Waals surface area (Å²) in [4.78, 5) is 28.1. The minimum Gasteiger partial charge on any atom is -0.481 e. The fourth-order valence-corrected chi connectivity index (χ4v) is 3.87. The van der Waals surface area contributed by atoms with E-state index in [1.807, 2.05) is 0 Å². The van der Waals surface area contributed by atoms with Gasteiger partial charge in [-0.2, -0.15) is 0 Å². The molecule has 1 amide bonds. The minimum atomic E-state index is -0.815. The van der Waals surface area contributed by atoms with Gasteiger partial charge in [0.1, 0.15) is 5.82 Å². The van der Waals surface area contributed by atoms with Crippen molar-refractivity contribution in [1.29, 1.82) is 0 Å². The number of aliphatic carboxylic acids is 1. The van der Waals surface area contributed by atoms with Gasteiger partial charge < -0.3 is 10.0 Å². The van der Waals surface area contributed by atoms with E-state index < -0.39 is 11.9 Å². The Morgan fingerprint density at radius 3 is 2.56 bits per heavy atom. The van der Waals surface area contributed by atoms with Crippen LogP contribution < -0.4 is 0 Å². The lowest BCUT2D eigenvalue weighted by atomic mass is 9.95. The van der Waals surface area contributed by atoms with Gasteiger partial charge in [-0.25, -0.2) is 4.39 Å². The maximum Gasteiger partial charge on any atom is 0.308 e. The Hall–Kier alpha value is -1.95. The van der Waals surface area contributed by atoms with E-state index in [9.17, 15) is 19.1 Å². The van der Waals surface area contributed by atoms with Gasteiger partial charge in [-0.1, -0.05) is 18.6 Å². The number of carbonyl (C=O) groups is 2. The van der Waals surface area contributed by atoms with Crippen molar-refractivity contribution in [3.8, 4) is 0 Å². The zero-order valence-corrected chi connectivity index (χ0v) is 14.4. The van der Waals surface area contributed by atoms with E-state index in [-0.39, 0.29) is 17.8 Å². The van der Waals surface area contributed by atoms with Gasteiger partial charge in [0, 0.05) is 19.6 Å². The Balaban J connectivity index is 1.68. The molecule has 2 heterocycles. The van der Waals surface area contributed by atoms with Crippen LogP contribution in [0.25, 0.3) is 0 Å². The molecule has 2 aliphatic heterocycles. The first-order valence-electron chi connectivity index (χ1n) is 9.04. The number of piperidine rings is 2. The second-order valence-electron chi connectivity index (χ2n) is 7.07. The quantitative estimate of drug-likeness (QED) is 0.908. The number of rotatable bonds is 4. The van der Waals surface area contributed by atoms with Crippen LogP contribution in [0.2, 0.25) is 0 Å². The molecule has 25 heavy (non-hydrogen) atoms. The van der Waals surface area contributed by atoms with E-state index in [0.717, 1.165) is 37.8 Å². The first-order valence-corrected chi connectivity index (χ1v) is 9.04. The predicted octanol–water partition coefficient (Wildman–Crippen LogP) is 2.50. The van der Waals surface area contributed by atoms with Crippen LogP contribution >= 0.6 is 0 Å². The van der Waals surface area contributed by atoms with Gasteiger partial charge in [-0.15, -0.1) is 0 Å². The Bertz CT molecular complexity index is 620. The highest BCUT2D eigenvalue weighted by Crippen LogP contribution is 2.24. The predicted molar refractivity (Wildman–Crippen MR) is 91.4 cm³/mol. The summed E-state index contributed by atoms with van der Waals surface area (Å²) in [6, 6.07) is 6.20. The molecule has 0 radical (unpaired) electrons. The molecule has 1 aromatic carbocycles. The van der Waals surface area contributed by atoms with Gasteiger partial charge in [0.25, 0.3) is 0 Å². The summed E-state index contributed by atoms with van der Waals surface area (Å²) in [5.41, 5.74) is 0.989. The standard InChI is InChI=1S/C19H25FN2O3/c20-16-8-6-14(7-9-16)12-21-10-2-1-5-17(21)18(23)22-11-3-4-15(13-22)19(24)25/h6-9,15,17H,1-5,10-13H2,(H,24,25). The Labute approximate surface area is 147 Å². The van der Waals surface area contributed by atoms with Gasteiger partial charge in [0.2, 0.25) is 5.91 Å². The molecule has 1 N–H and O–H groups in total. The third kappa shape index (κ3) is 4.37. The number of amides is 1. The summed E-state index contributed by atoms with van der Waals surface area (Å²) in [6.07, 6.45) is 4.24. The van der Waals surface area contributed by atoms with Gasteiger partial charge in [-0.05, 0) is 49.9 Å². The van der Waals surface area contributed by atoms with E-state index in [2.05, 4.69) is 4.90 Å². The zero-order valence-electron chi connectivity index (χ0n) is 14.4. The molecule has 0 saturated carbocycles. The average Bonchev–Trinajstić information content (AvgIpc) is 2.63. The van der Waals surface area contributed by atoms with Crippen LogP contribution in [-0.2, 0) is 16.1 Å². The molecule has 6 heteroatoms. The summed E-state index contributed by atoms with van der Waals surface area (Å²) >= 11 is 0. The van der Waals surface area contributed by atoms with E-state index >= 15 is 0 Å². The van der Waals surface area contributed by atoms with Gasteiger partial charge in [-0.3, -0.25) is 14.5 Å². The van der Waals surface area contributed by atoms with Crippen molar-refractivity contribution in [1.82, 2.24) is 9.80 Å². The molecule has 0 aromatic heterocycles. The second-order valence-corrected chi connectivity index (χ2v) is 7.07. The molecule has 2 unspecified atom stereocenters. The van der Waals surface area contributed by atoms with E-state index in [1.54, 1.807) is 17.0 Å². The second kappa shape index (κ2) is 7.95. The molecule has 136 valence electrons. The number of carbonyl (C=O) groups excluding carboxylic acids is 1. The number of likely N-dealkylation sites (tertiary alicyclic amines) is 2. The SMILES string of the molecule is O=C(O)C1CCCN(C(=O)C2CCCCN2Cc2ccc(F)cc2)C1. The highest BCUT2D eigenvalue weighted by atomic mass is 19.1. The third-order valence-electron chi connectivity index (χ3n) is 5.28. The van der Waals surface area contributed by atoms with E-state index in [0.29, 0.717) is 26.1 Å². The molecule has 2 aliphatic rings. The minimum absolute atomic E-state index is 0.0489. The lowest BCUT2D eigenvalue weighted by molar-refractivity contribution is -0.147. The topological polar surface area (TPSA) is 60.9 Å². The Morgan fingerprint density at radius 1 is 1.08 bits per heavy atom. The van der Waals surface area contributed by atoms with Crippen LogP contribution in [0.15, 0.2) is 24.3 Å². The zero-order chi connectivity index (χ0) is 17.8. The molecule has 1 aromatic rings. The van der Waals surface area contributed by atoms with Crippen molar-refractivity contribution in [2.24, 2.45) is 5.92 Å². The van der Waals surface area contributed by atoms with Crippen molar-refractivity contribution in [3.05, 3.63) is 35.6 Å². The summed E-state index contributed by atoms with van der Waals surface area (Å²) in [5.74, 6) is -1.48. The number of halogens is 1. The summed E-state index contributed by atoms with van der Waals surface area (Å²) in [5, 5.41) is 9.24. The van der Waals surface area contributed by atoms with Crippen LogP contribution in [0.3, 0.4) is 0 Å². The third-order valence-corrected chi connectivity index (χ3v) is 5.28.